The lowest BCUT2D eigenvalue weighted by atomic mass is 10.0. The fraction of sp³-hybridized carbons (Fsp3) is 0.357. The number of carbonyl (C=O) groups is 1. The molecule has 5 rings (SSSR count). The van der Waals surface area contributed by atoms with Gasteiger partial charge in [-0.1, -0.05) is 36.7 Å². The quantitative estimate of drug-likeness (QED) is 0.496. The summed E-state index contributed by atoms with van der Waals surface area (Å²) in [6.45, 7) is 7.41. The number of hydrogen-bond acceptors (Lipinski definition) is 4. The summed E-state index contributed by atoms with van der Waals surface area (Å²) in [6, 6.07) is 15.3. The number of fused-ring (bicyclic) bond motifs is 1. The fourth-order valence-corrected chi connectivity index (χ4v) is 5.17. The van der Waals surface area contributed by atoms with Gasteiger partial charge in [0.05, 0.1) is 30.1 Å². The molecule has 2 aliphatic heterocycles. The van der Waals surface area contributed by atoms with Gasteiger partial charge in [0.15, 0.2) is 0 Å². The first-order valence-electron chi connectivity index (χ1n) is 12.3. The third-order valence-electron chi connectivity index (χ3n) is 6.89. The number of morpholine rings is 1. The Morgan fingerprint density at radius 1 is 1.03 bits per heavy atom. The molecule has 2 aromatic carbocycles. The van der Waals surface area contributed by atoms with Gasteiger partial charge in [-0.15, -0.1) is 0 Å². The Balaban J connectivity index is 1.70. The van der Waals surface area contributed by atoms with Gasteiger partial charge >= 0.3 is 0 Å². The molecule has 0 N–H and O–H groups in total. The summed E-state index contributed by atoms with van der Waals surface area (Å²) in [5.74, 6) is 0.330. The van der Waals surface area contributed by atoms with Gasteiger partial charge in [0, 0.05) is 48.2 Å². The van der Waals surface area contributed by atoms with Crippen LogP contribution in [-0.4, -0.2) is 36.8 Å². The number of allylic oxidation sites excluding steroid dienone is 1. The van der Waals surface area contributed by atoms with E-state index in [-0.39, 0.29) is 17.4 Å². The minimum Gasteiger partial charge on any atom is -0.378 e. The summed E-state index contributed by atoms with van der Waals surface area (Å²) < 4.78 is 7.33. The van der Waals surface area contributed by atoms with Crippen LogP contribution in [0.25, 0.3) is 16.6 Å². The van der Waals surface area contributed by atoms with Crippen molar-refractivity contribution in [3.8, 4) is 0 Å². The van der Waals surface area contributed by atoms with Crippen LogP contribution in [0.4, 0.5) is 11.4 Å². The van der Waals surface area contributed by atoms with Crippen molar-refractivity contribution in [2.75, 3.05) is 36.1 Å². The number of hydrogen-bond donors (Lipinski definition) is 0. The number of amides is 1. The molecular formula is C28H30ClN3O3. The molecule has 1 atom stereocenters. The van der Waals surface area contributed by atoms with E-state index in [1.165, 1.54) is 0 Å². The molecule has 0 aliphatic carbocycles. The van der Waals surface area contributed by atoms with Crippen molar-refractivity contribution in [3.05, 3.63) is 75.5 Å². The van der Waals surface area contributed by atoms with Gasteiger partial charge in [-0.3, -0.25) is 14.5 Å². The van der Waals surface area contributed by atoms with E-state index in [4.69, 9.17) is 16.3 Å². The highest BCUT2D eigenvalue weighted by Gasteiger charge is 2.27. The zero-order valence-corrected chi connectivity index (χ0v) is 20.9. The minimum absolute atomic E-state index is 0.0179. The van der Waals surface area contributed by atoms with Crippen molar-refractivity contribution in [2.24, 2.45) is 5.92 Å². The lowest BCUT2D eigenvalue weighted by Gasteiger charge is -2.31. The highest BCUT2D eigenvalue weighted by molar-refractivity contribution is 6.30. The summed E-state index contributed by atoms with van der Waals surface area (Å²) >= 11 is 6.15. The lowest BCUT2D eigenvalue weighted by molar-refractivity contribution is -0.117. The number of rotatable bonds is 4. The summed E-state index contributed by atoms with van der Waals surface area (Å²) in [5.41, 5.74) is 4.37. The lowest BCUT2D eigenvalue weighted by Crippen LogP contribution is -2.37. The smallest absolute Gasteiger partial charge is 0.253 e. The molecule has 35 heavy (non-hydrogen) atoms. The van der Waals surface area contributed by atoms with Gasteiger partial charge in [0.2, 0.25) is 5.91 Å². The second-order valence-electron chi connectivity index (χ2n) is 9.22. The zero-order chi connectivity index (χ0) is 24.5. The maximum Gasteiger partial charge on any atom is 0.253 e. The van der Waals surface area contributed by atoms with E-state index in [0.29, 0.717) is 31.2 Å². The van der Waals surface area contributed by atoms with Gasteiger partial charge < -0.3 is 14.2 Å². The Hall–Kier alpha value is -3.09. The molecule has 0 bridgehead atoms. The summed E-state index contributed by atoms with van der Waals surface area (Å²) in [7, 11) is 0. The van der Waals surface area contributed by atoms with Crippen molar-refractivity contribution in [3.63, 3.8) is 0 Å². The fourth-order valence-electron chi connectivity index (χ4n) is 5.04. The van der Waals surface area contributed by atoms with Gasteiger partial charge in [-0.2, -0.15) is 0 Å². The van der Waals surface area contributed by atoms with Crippen molar-refractivity contribution >= 4 is 45.5 Å². The Bertz CT molecular complexity index is 1340. The summed E-state index contributed by atoms with van der Waals surface area (Å²) in [5, 5.41) is 1.62. The molecule has 3 aromatic rings. The monoisotopic (exact) mass is 491 g/mol. The first-order chi connectivity index (χ1) is 17.0. The molecule has 182 valence electrons. The largest absolute Gasteiger partial charge is 0.378 e. The zero-order valence-electron chi connectivity index (χ0n) is 20.2. The van der Waals surface area contributed by atoms with E-state index in [0.717, 1.165) is 53.0 Å². The molecule has 1 unspecified atom stereocenters. The van der Waals surface area contributed by atoms with Crippen molar-refractivity contribution in [2.45, 2.75) is 33.2 Å². The van der Waals surface area contributed by atoms with E-state index in [9.17, 15) is 9.59 Å². The number of carbonyl (C=O) groups excluding carboxylic acids is 1. The van der Waals surface area contributed by atoms with Crippen LogP contribution in [0.15, 0.2) is 59.4 Å². The van der Waals surface area contributed by atoms with Crippen molar-refractivity contribution < 1.29 is 9.53 Å². The Morgan fingerprint density at radius 2 is 1.77 bits per heavy atom. The number of pyridine rings is 1. The Labute approximate surface area is 210 Å². The molecule has 1 aromatic heterocycles. The van der Waals surface area contributed by atoms with E-state index in [1.807, 2.05) is 48.2 Å². The van der Waals surface area contributed by atoms with Gasteiger partial charge in [-0.25, -0.2) is 0 Å². The molecule has 0 spiro atoms. The molecule has 1 saturated heterocycles. The minimum atomic E-state index is -0.0179. The standard InChI is InChI=1S/C28H30ClN3O3/c1-3-31-24-10-9-22(17-23(24)26(18-28(31)34)30-12-14-35-15-13-30)32-25(16-19(2)4-11-27(32)33)20-5-7-21(29)8-6-20/h5-10,16-19H,3-4,11-15H2,1-2H3. The van der Waals surface area contributed by atoms with E-state index in [1.54, 1.807) is 10.6 Å². The molecule has 1 fully saturated rings. The average Bonchev–Trinajstić information content (AvgIpc) is 3.02. The number of nitrogens with zero attached hydrogens (tertiary/aromatic N) is 3. The first kappa shape index (κ1) is 23.6. The Morgan fingerprint density at radius 3 is 2.49 bits per heavy atom. The first-order valence-corrected chi connectivity index (χ1v) is 12.6. The van der Waals surface area contributed by atoms with Crippen molar-refractivity contribution in [1.29, 1.82) is 0 Å². The molecule has 6 nitrogen and oxygen atoms in total. The van der Waals surface area contributed by atoms with Crippen LogP contribution in [0.2, 0.25) is 5.02 Å². The third kappa shape index (κ3) is 4.60. The second kappa shape index (κ2) is 9.88. The summed E-state index contributed by atoms with van der Waals surface area (Å²) in [4.78, 5) is 30.5. The van der Waals surface area contributed by atoms with Crippen LogP contribution >= 0.6 is 11.6 Å². The van der Waals surface area contributed by atoms with E-state index < -0.39 is 0 Å². The van der Waals surface area contributed by atoms with Crippen LogP contribution in [0.5, 0.6) is 0 Å². The van der Waals surface area contributed by atoms with Crippen LogP contribution < -0.4 is 15.4 Å². The number of benzene rings is 2. The number of aromatic nitrogens is 1. The predicted octanol–water partition coefficient (Wildman–Crippen LogP) is 5.32. The van der Waals surface area contributed by atoms with Crippen LogP contribution in [0.1, 0.15) is 32.3 Å². The molecule has 1 amide bonds. The predicted molar refractivity (Wildman–Crippen MR) is 142 cm³/mol. The SMILES string of the molecule is CCn1c(=O)cc(N2CCOCC2)c2cc(N3C(=O)CCC(C)C=C3c3ccc(Cl)cc3)ccc21. The third-order valence-corrected chi connectivity index (χ3v) is 7.14. The number of ether oxygens (including phenoxy) is 1. The maximum absolute atomic E-state index is 13.5. The Kier molecular flexibility index (Phi) is 6.67. The van der Waals surface area contributed by atoms with Gasteiger partial charge in [-0.05, 0) is 55.2 Å². The summed E-state index contributed by atoms with van der Waals surface area (Å²) in [6.07, 6.45) is 3.44. The highest BCUT2D eigenvalue weighted by Crippen LogP contribution is 2.36. The van der Waals surface area contributed by atoms with Crippen LogP contribution in [0, 0.1) is 5.92 Å². The molecule has 2 aliphatic rings. The van der Waals surface area contributed by atoms with E-state index >= 15 is 0 Å². The van der Waals surface area contributed by atoms with Crippen LogP contribution in [-0.2, 0) is 16.1 Å². The topological polar surface area (TPSA) is 54.8 Å². The normalized spacial score (nSPS) is 19.1. The number of aryl methyl sites for hydroxylation is 1. The number of halogens is 1. The van der Waals surface area contributed by atoms with Crippen LogP contribution in [0.3, 0.4) is 0 Å². The van der Waals surface area contributed by atoms with Crippen molar-refractivity contribution in [1.82, 2.24) is 4.57 Å². The van der Waals surface area contributed by atoms with E-state index in [2.05, 4.69) is 24.0 Å². The molecule has 3 heterocycles. The maximum atomic E-state index is 13.5. The highest BCUT2D eigenvalue weighted by atomic mass is 35.5. The second-order valence-corrected chi connectivity index (χ2v) is 9.65. The molecule has 0 radical (unpaired) electrons. The van der Waals surface area contributed by atoms with Gasteiger partial charge in [0.25, 0.3) is 5.56 Å². The number of anilines is 2. The average molecular weight is 492 g/mol. The molecule has 7 heteroatoms. The molecule has 0 saturated carbocycles. The molecular weight excluding hydrogens is 462 g/mol. The van der Waals surface area contributed by atoms with Gasteiger partial charge in [0.1, 0.15) is 0 Å².